The minimum absolute atomic E-state index is 0.150. The van der Waals surface area contributed by atoms with Crippen molar-refractivity contribution in [3.8, 4) is 23.8 Å². The molecule has 0 fully saturated rings. The molecule has 1 aromatic carbocycles. The van der Waals surface area contributed by atoms with Crippen LogP contribution in [0.1, 0.15) is 19.8 Å². The van der Waals surface area contributed by atoms with Crippen LogP contribution < -0.4 is 14.2 Å². The summed E-state index contributed by atoms with van der Waals surface area (Å²) in [5.74, 6) is 3.48. The smallest absolute Gasteiger partial charge is 0.240 e. The molecular formula is C14H17NO4S. The summed E-state index contributed by atoms with van der Waals surface area (Å²) in [5.41, 5.74) is 0. The van der Waals surface area contributed by atoms with E-state index in [0.717, 1.165) is 0 Å². The van der Waals surface area contributed by atoms with Crippen molar-refractivity contribution in [2.24, 2.45) is 0 Å². The zero-order chi connectivity index (χ0) is 14.6. The standard InChI is InChI=1S/C14H17NO4S/c1-3-5-11(4-2)15-20(16,17)12-6-7-13-14(10-12)19-9-8-18-13/h1,6-7,10-11,15H,4-5,8-9H2,2H3. The lowest BCUT2D eigenvalue weighted by Gasteiger charge is -2.20. The molecule has 1 atom stereocenters. The third kappa shape index (κ3) is 3.24. The molecule has 0 amide bonds. The van der Waals surface area contributed by atoms with E-state index >= 15 is 0 Å². The Balaban J connectivity index is 2.23. The van der Waals surface area contributed by atoms with Gasteiger partial charge in [0, 0.05) is 18.5 Å². The van der Waals surface area contributed by atoms with E-state index in [4.69, 9.17) is 15.9 Å². The van der Waals surface area contributed by atoms with Gasteiger partial charge in [0.15, 0.2) is 11.5 Å². The van der Waals surface area contributed by atoms with Gasteiger partial charge in [-0.3, -0.25) is 0 Å². The van der Waals surface area contributed by atoms with Crippen molar-refractivity contribution < 1.29 is 17.9 Å². The van der Waals surface area contributed by atoms with Gasteiger partial charge in [0.25, 0.3) is 0 Å². The number of rotatable bonds is 5. The molecule has 0 aromatic heterocycles. The van der Waals surface area contributed by atoms with Gasteiger partial charge in [-0.05, 0) is 18.6 Å². The second-order valence-electron chi connectivity index (χ2n) is 4.44. The van der Waals surface area contributed by atoms with Crippen LogP contribution in [0.25, 0.3) is 0 Å². The van der Waals surface area contributed by atoms with E-state index in [0.29, 0.717) is 37.6 Å². The molecule has 0 saturated heterocycles. The highest BCUT2D eigenvalue weighted by Crippen LogP contribution is 2.32. The van der Waals surface area contributed by atoms with E-state index in [-0.39, 0.29) is 10.9 Å². The molecule has 0 bridgehead atoms. The summed E-state index contributed by atoms with van der Waals surface area (Å²) in [4.78, 5) is 0.150. The number of nitrogens with one attached hydrogen (secondary N) is 1. The Kier molecular flexibility index (Phi) is 4.53. The number of sulfonamides is 1. The first-order chi connectivity index (χ1) is 9.56. The van der Waals surface area contributed by atoms with E-state index < -0.39 is 10.0 Å². The topological polar surface area (TPSA) is 64.6 Å². The molecule has 0 saturated carbocycles. The molecule has 20 heavy (non-hydrogen) atoms. The molecule has 1 heterocycles. The number of hydrogen-bond acceptors (Lipinski definition) is 4. The van der Waals surface area contributed by atoms with Crippen LogP contribution >= 0.6 is 0 Å². The van der Waals surface area contributed by atoms with Crippen LogP contribution in [0.3, 0.4) is 0 Å². The average molecular weight is 295 g/mol. The lowest BCUT2D eigenvalue weighted by molar-refractivity contribution is 0.171. The van der Waals surface area contributed by atoms with E-state index in [1.165, 1.54) is 12.1 Å². The first-order valence-electron chi connectivity index (χ1n) is 6.42. The number of benzene rings is 1. The zero-order valence-corrected chi connectivity index (χ0v) is 12.1. The number of fused-ring (bicyclic) bond motifs is 1. The van der Waals surface area contributed by atoms with E-state index in [2.05, 4.69) is 10.6 Å². The van der Waals surface area contributed by atoms with Gasteiger partial charge in [-0.25, -0.2) is 13.1 Å². The summed E-state index contributed by atoms with van der Waals surface area (Å²) in [6.07, 6.45) is 6.23. The molecule has 1 aromatic rings. The van der Waals surface area contributed by atoms with E-state index in [1.807, 2.05) is 6.92 Å². The van der Waals surface area contributed by atoms with Crippen molar-refractivity contribution in [3.63, 3.8) is 0 Å². The summed E-state index contributed by atoms with van der Waals surface area (Å²) >= 11 is 0. The average Bonchev–Trinajstić information content (AvgIpc) is 2.46. The quantitative estimate of drug-likeness (QED) is 0.837. The maximum atomic E-state index is 12.3. The molecule has 0 spiro atoms. The van der Waals surface area contributed by atoms with Gasteiger partial charge < -0.3 is 9.47 Å². The van der Waals surface area contributed by atoms with Crippen molar-refractivity contribution in [1.29, 1.82) is 0 Å². The highest BCUT2D eigenvalue weighted by atomic mass is 32.2. The van der Waals surface area contributed by atoms with Crippen molar-refractivity contribution in [2.75, 3.05) is 13.2 Å². The van der Waals surface area contributed by atoms with Crippen molar-refractivity contribution in [2.45, 2.75) is 30.7 Å². The lowest BCUT2D eigenvalue weighted by Crippen LogP contribution is -2.34. The highest BCUT2D eigenvalue weighted by molar-refractivity contribution is 7.89. The molecule has 2 rings (SSSR count). The van der Waals surface area contributed by atoms with Crippen molar-refractivity contribution in [1.82, 2.24) is 4.72 Å². The molecule has 0 radical (unpaired) electrons. The number of hydrogen-bond donors (Lipinski definition) is 1. The number of terminal acetylenes is 1. The minimum atomic E-state index is -3.61. The molecule has 1 N–H and O–H groups in total. The van der Waals surface area contributed by atoms with Gasteiger partial charge in [0.2, 0.25) is 10.0 Å². The Morgan fingerprint density at radius 2 is 2.05 bits per heavy atom. The minimum Gasteiger partial charge on any atom is -0.486 e. The fraction of sp³-hybridized carbons (Fsp3) is 0.429. The molecule has 6 heteroatoms. The van der Waals surface area contributed by atoms with Crippen LogP contribution in [-0.4, -0.2) is 27.7 Å². The summed E-state index contributed by atoms with van der Waals surface area (Å²) in [6, 6.07) is 4.31. The summed E-state index contributed by atoms with van der Waals surface area (Å²) in [6.45, 7) is 2.77. The fourth-order valence-corrected chi connectivity index (χ4v) is 3.22. The monoisotopic (exact) mass is 295 g/mol. The zero-order valence-electron chi connectivity index (χ0n) is 11.3. The van der Waals surface area contributed by atoms with E-state index in [9.17, 15) is 8.42 Å². The third-order valence-corrected chi connectivity index (χ3v) is 4.52. The molecule has 1 aliphatic rings. The second kappa shape index (κ2) is 6.16. The third-order valence-electron chi connectivity index (χ3n) is 3.00. The normalized spacial score (nSPS) is 15.4. The predicted octanol–water partition coefficient (Wildman–Crippen LogP) is 1.54. The van der Waals surface area contributed by atoms with Crippen molar-refractivity contribution >= 4 is 10.0 Å². The Morgan fingerprint density at radius 3 is 2.70 bits per heavy atom. The van der Waals surface area contributed by atoms with Gasteiger partial charge in [-0.15, -0.1) is 12.3 Å². The fourth-order valence-electron chi connectivity index (χ4n) is 1.89. The van der Waals surface area contributed by atoms with Gasteiger partial charge in [-0.1, -0.05) is 6.92 Å². The molecule has 1 aliphatic heterocycles. The van der Waals surface area contributed by atoms with Crippen LogP contribution in [0.4, 0.5) is 0 Å². The van der Waals surface area contributed by atoms with Crippen LogP contribution in [-0.2, 0) is 10.0 Å². The Bertz CT molecular complexity index is 619. The Hall–Kier alpha value is -1.71. The second-order valence-corrected chi connectivity index (χ2v) is 6.15. The molecule has 0 aliphatic carbocycles. The number of ether oxygens (including phenoxy) is 2. The van der Waals surface area contributed by atoms with Gasteiger partial charge in [-0.2, -0.15) is 0 Å². The van der Waals surface area contributed by atoms with E-state index in [1.54, 1.807) is 6.07 Å². The first kappa shape index (κ1) is 14.7. The first-order valence-corrected chi connectivity index (χ1v) is 7.90. The summed E-state index contributed by atoms with van der Waals surface area (Å²) in [7, 11) is -3.61. The van der Waals surface area contributed by atoms with Crippen LogP contribution in [0, 0.1) is 12.3 Å². The lowest BCUT2D eigenvalue weighted by atomic mass is 10.2. The summed E-state index contributed by atoms with van der Waals surface area (Å²) in [5, 5.41) is 0. The van der Waals surface area contributed by atoms with Gasteiger partial charge >= 0.3 is 0 Å². The Morgan fingerprint density at radius 1 is 1.35 bits per heavy atom. The maximum absolute atomic E-state index is 12.3. The summed E-state index contributed by atoms with van der Waals surface area (Å²) < 4.78 is 37.9. The molecule has 5 nitrogen and oxygen atoms in total. The van der Waals surface area contributed by atoms with Gasteiger partial charge in [0.05, 0.1) is 4.90 Å². The molecular weight excluding hydrogens is 278 g/mol. The molecule has 1 unspecified atom stereocenters. The largest absolute Gasteiger partial charge is 0.486 e. The van der Waals surface area contributed by atoms with Crippen LogP contribution in [0.2, 0.25) is 0 Å². The van der Waals surface area contributed by atoms with Crippen LogP contribution in [0.5, 0.6) is 11.5 Å². The highest BCUT2D eigenvalue weighted by Gasteiger charge is 2.21. The van der Waals surface area contributed by atoms with Gasteiger partial charge in [0.1, 0.15) is 13.2 Å². The molecule has 108 valence electrons. The van der Waals surface area contributed by atoms with Crippen molar-refractivity contribution in [3.05, 3.63) is 18.2 Å². The maximum Gasteiger partial charge on any atom is 0.240 e. The predicted molar refractivity (Wildman–Crippen MR) is 75.3 cm³/mol. The Labute approximate surface area is 119 Å². The SMILES string of the molecule is C#CCC(CC)NS(=O)(=O)c1ccc2c(c1)OCCO2. The van der Waals surface area contributed by atoms with Crippen LogP contribution in [0.15, 0.2) is 23.1 Å².